The first-order valence-electron chi connectivity index (χ1n) is 10.3. The highest BCUT2D eigenvalue weighted by molar-refractivity contribution is 5.74. The van der Waals surface area contributed by atoms with E-state index in [-0.39, 0.29) is 24.8 Å². The van der Waals surface area contributed by atoms with Crippen molar-refractivity contribution < 1.29 is 34.5 Å². The second-order valence-electron chi connectivity index (χ2n) is 7.79. The number of nitrogens with two attached hydrogens (primary N) is 1. The van der Waals surface area contributed by atoms with Crippen molar-refractivity contribution in [3.05, 3.63) is 60.8 Å². The standard InChI is InChI=1S/C23H26N4.2ClH/c1-3-9-18(10-4-1)22-17-27-21-14-8-7-13-20(21)25-23(27)26(22)16-15-24-19-11-5-2-6-12-19;;/h1,3-4,7-10,13-14,17,19,24H,2,5-6,11-12,15-16H2;2*1H. The summed E-state index contributed by atoms with van der Waals surface area (Å²) >= 11 is 0. The molecule has 0 unspecified atom stereocenters. The lowest BCUT2D eigenvalue weighted by Crippen LogP contribution is -3.00. The Morgan fingerprint density at radius 2 is 1.66 bits per heavy atom. The molecule has 1 aliphatic carbocycles. The fourth-order valence-corrected chi connectivity index (χ4v) is 4.59. The van der Waals surface area contributed by atoms with Crippen molar-refractivity contribution in [3.8, 4) is 11.3 Å². The molecule has 1 aliphatic rings. The van der Waals surface area contributed by atoms with Crippen LogP contribution < -0.4 is 34.5 Å². The van der Waals surface area contributed by atoms with Crippen LogP contribution in [0.25, 0.3) is 28.1 Å². The van der Waals surface area contributed by atoms with Crippen LogP contribution >= 0.6 is 0 Å². The number of benzene rings is 2. The van der Waals surface area contributed by atoms with Crippen molar-refractivity contribution in [1.82, 2.24) is 9.55 Å². The number of hydrogen-bond donors (Lipinski definition) is 2. The summed E-state index contributed by atoms with van der Waals surface area (Å²) in [5.74, 6) is 1.17. The number of para-hydroxylation sites is 2. The number of hydrogen-bond acceptors (Lipinski definition) is 0. The molecule has 0 amide bonds. The molecule has 0 atom stereocenters. The van der Waals surface area contributed by atoms with Crippen molar-refractivity contribution in [1.29, 1.82) is 0 Å². The van der Waals surface area contributed by atoms with E-state index in [0.29, 0.717) is 0 Å². The minimum absolute atomic E-state index is 0. The predicted octanol–water partition coefficient (Wildman–Crippen LogP) is -2.72. The van der Waals surface area contributed by atoms with Crippen LogP contribution in [0.4, 0.5) is 0 Å². The molecule has 0 bridgehead atoms. The number of quaternary nitrogens is 1. The fourth-order valence-electron chi connectivity index (χ4n) is 4.59. The Morgan fingerprint density at radius 3 is 2.45 bits per heavy atom. The van der Waals surface area contributed by atoms with Gasteiger partial charge in [0.05, 0.1) is 6.04 Å². The third kappa shape index (κ3) is 4.30. The lowest BCUT2D eigenvalue weighted by Gasteiger charge is -2.19. The van der Waals surface area contributed by atoms with E-state index in [9.17, 15) is 0 Å². The van der Waals surface area contributed by atoms with Gasteiger partial charge in [-0.25, -0.2) is 9.55 Å². The molecule has 4 aromatic rings. The van der Waals surface area contributed by atoms with Gasteiger partial charge < -0.3 is 30.1 Å². The quantitative estimate of drug-likeness (QED) is 0.323. The van der Waals surface area contributed by atoms with Gasteiger partial charge in [-0.05, 0) is 37.8 Å². The second kappa shape index (κ2) is 9.66. The molecule has 0 radical (unpaired) electrons. The molecule has 1 saturated carbocycles. The minimum atomic E-state index is 0. The molecule has 0 saturated heterocycles. The maximum Gasteiger partial charge on any atom is 0.368 e. The Labute approximate surface area is 184 Å². The van der Waals surface area contributed by atoms with E-state index < -0.39 is 0 Å². The first kappa shape index (κ1) is 21.7. The first-order chi connectivity index (χ1) is 13.4. The van der Waals surface area contributed by atoms with Crippen LogP contribution in [0.5, 0.6) is 0 Å². The molecule has 1 fully saturated rings. The van der Waals surface area contributed by atoms with Gasteiger partial charge in [-0.1, -0.05) is 48.9 Å². The maximum atomic E-state index is 3.64. The van der Waals surface area contributed by atoms with Crippen LogP contribution in [0.3, 0.4) is 0 Å². The van der Waals surface area contributed by atoms with Gasteiger partial charge in [0.15, 0.2) is 0 Å². The number of imidazole rings is 2. The molecular formula is C23H28Cl2N4. The number of H-pyrrole nitrogens is 1. The zero-order valence-corrected chi connectivity index (χ0v) is 18.0. The van der Waals surface area contributed by atoms with E-state index in [1.54, 1.807) is 0 Å². The van der Waals surface area contributed by atoms with Crippen LogP contribution in [0.2, 0.25) is 0 Å². The summed E-state index contributed by atoms with van der Waals surface area (Å²) in [6.45, 7) is 2.15. The van der Waals surface area contributed by atoms with E-state index in [1.165, 1.54) is 60.2 Å². The van der Waals surface area contributed by atoms with E-state index in [0.717, 1.165) is 19.1 Å². The van der Waals surface area contributed by atoms with Crippen LogP contribution in [-0.2, 0) is 6.54 Å². The third-order valence-electron chi connectivity index (χ3n) is 6.01. The fraction of sp³-hybridized carbons (Fsp3) is 0.348. The molecule has 29 heavy (non-hydrogen) atoms. The lowest BCUT2D eigenvalue weighted by molar-refractivity contribution is -0.692. The van der Waals surface area contributed by atoms with Crippen molar-refractivity contribution >= 4 is 16.8 Å². The molecule has 154 valence electrons. The van der Waals surface area contributed by atoms with E-state index in [1.807, 2.05) is 0 Å². The summed E-state index contributed by atoms with van der Waals surface area (Å²) in [6.07, 6.45) is 9.28. The zero-order chi connectivity index (χ0) is 18.1. The Morgan fingerprint density at radius 1 is 0.931 bits per heavy atom. The van der Waals surface area contributed by atoms with Crippen molar-refractivity contribution in [2.45, 2.75) is 44.7 Å². The van der Waals surface area contributed by atoms with E-state index in [2.05, 4.69) is 80.1 Å². The second-order valence-corrected chi connectivity index (χ2v) is 7.79. The molecule has 3 N–H and O–H groups in total. The summed E-state index contributed by atoms with van der Waals surface area (Å²) < 4.78 is 4.76. The topological polar surface area (TPSA) is 41.4 Å². The number of aromatic nitrogens is 3. The SMILES string of the molecule is [Cl-].[Cl-].c1ccc(-c2c[n+]3c4ccccc4[nH]c3n2CC[NH2+]C2CCCCC2)cc1. The van der Waals surface area contributed by atoms with Gasteiger partial charge in [0.2, 0.25) is 0 Å². The molecular weight excluding hydrogens is 403 g/mol. The van der Waals surface area contributed by atoms with Crippen LogP contribution in [-0.4, -0.2) is 22.1 Å². The molecule has 0 aliphatic heterocycles. The Hall–Kier alpha value is -2.01. The normalized spacial score (nSPS) is 14.6. The van der Waals surface area contributed by atoms with Crippen molar-refractivity contribution in [2.24, 2.45) is 0 Å². The summed E-state index contributed by atoms with van der Waals surface area (Å²) in [5.41, 5.74) is 4.98. The largest absolute Gasteiger partial charge is 1.00 e. The molecule has 5 rings (SSSR count). The van der Waals surface area contributed by atoms with Gasteiger partial charge in [-0.15, -0.1) is 0 Å². The molecule has 0 spiro atoms. The summed E-state index contributed by atoms with van der Waals surface area (Å²) in [4.78, 5) is 3.64. The van der Waals surface area contributed by atoms with E-state index >= 15 is 0 Å². The maximum absolute atomic E-state index is 3.64. The zero-order valence-electron chi connectivity index (χ0n) is 16.5. The average molecular weight is 431 g/mol. The Kier molecular flexibility index (Phi) is 7.23. The van der Waals surface area contributed by atoms with Crippen LogP contribution in [0, 0.1) is 0 Å². The molecule has 4 nitrogen and oxygen atoms in total. The molecule has 2 aromatic carbocycles. The number of rotatable bonds is 5. The van der Waals surface area contributed by atoms with E-state index in [4.69, 9.17) is 0 Å². The summed E-state index contributed by atoms with van der Waals surface area (Å²) in [7, 11) is 0. The molecule has 6 heteroatoms. The van der Waals surface area contributed by atoms with Crippen molar-refractivity contribution in [3.63, 3.8) is 0 Å². The summed E-state index contributed by atoms with van der Waals surface area (Å²) in [5, 5.41) is 2.58. The van der Waals surface area contributed by atoms with Gasteiger partial charge in [-0.2, -0.15) is 4.40 Å². The van der Waals surface area contributed by atoms with Gasteiger partial charge in [0.25, 0.3) is 0 Å². The number of nitrogens with one attached hydrogen (secondary N) is 1. The highest BCUT2D eigenvalue weighted by Gasteiger charge is 2.23. The average Bonchev–Trinajstić information content (AvgIpc) is 3.26. The smallest absolute Gasteiger partial charge is 0.368 e. The highest BCUT2D eigenvalue weighted by atomic mass is 35.5. The number of aromatic amines is 1. The van der Waals surface area contributed by atoms with Gasteiger partial charge in [0, 0.05) is 5.56 Å². The van der Waals surface area contributed by atoms with Gasteiger partial charge >= 0.3 is 5.78 Å². The first-order valence-corrected chi connectivity index (χ1v) is 10.3. The monoisotopic (exact) mass is 430 g/mol. The predicted molar refractivity (Wildman–Crippen MR) is 109 cm³/mol. The third-order valence-corrected chi connectivity index (χ3v) is 6.01. The molecule has 2 aromatic heterocycles. The number of nitrogens with zero attached hydrogens (tertiary/aromatic N) is 2. The minimum Gasteiger partial charge on any atom is -1.00 e. The van der Waals surface area contributed by atoms with Crippen LogP contribution in [0.15, 0.2) is 60.8 Å². The number of fused-ring (bicyclic) bond motifs is 3. The van der Waals surface area contributed by atoms with Gasteiger partial charge in [0.1, 0.15) is 36.0 Å². The summed E-state index contributed by atoms with van der Waals surface area (Å²) in [6, 6.07) is 20.1. The lowest BCUT2D eigenvalue weighted by atomic mass is 9.95. The Bertz CT molecular complexity index is 1050. The number of halogens is 2. The highest BCUT2D eigenvalue weighted by Crippen LogP contribution is 2.22. The van der Waals surface area contributed by atoms with Crippen molar-refractivity contribution in [2.75, 3.05) is 6.54 Å². The Balaban J connectivity index is 0.00000120. The molecule has 2 heterocycles. The van der Waals surface area contributed by atoms with Crippen LogP contribution in [0.1, 0.15) is 32.1 Å². The van der Waals surface area contributed by atoms with Gasteiger partial charge in [-0.3, -0.25) is 0 Å².